The Morgan fingerprint density at radius 3 is 2.79 bits per heavy atom. The van der Waals surface area contributed by atoms with E-state index in [-0.39, 0.29) is 6.29 Å². The molecule has 106 valence electrons. The van der Waals surface area contributed by atoms with Gasteiger partial charge < -0.3 is 18.9 Å². The molecule has 1 aliphatic heterocycles. The van der Waals surface area contributed by atoms with E-state index < -0.39 is 0 Å². The SMILES string of the molecule is COc1cc(Br)cc(OCCOC2CCCCO2)c1. The molecule has 5 heteroatoms. The minimum atomic E-state index is -0.0607. The van der Waals surface area contributed by atoms with Gasteiger partial charge in [-0.1, -0.05) is 15.9 Å². The van der Waals surface area contributed by atoms with Crippen molar-refractivity contribution in [1.29, 1.82) is 0 Å². The highest BCUT2D eigenvalue weighted by molar-refractivity contribution is 9.10. The van der Waals surface area contributed by atoms with Crippen molar-refractivity contribution in [3.8, 4) is 11.5 Å². The third-order valence-electron chi connectivity index (χ3n) is 2.87. The summed E-state index contributed by atoms with van der Waals surface area (Å²) in [5, 5.41) is 0. The van der Waals surface area contributed by atoms with Crippen LogP contribution in [0.1, 0.15) is 19.3 Å². The fourth-order valence-electron chi connectivity index (χ4n) is 1.92. The topological polar surface area (TPSA) is 36.9 Å². The highest BCUT2D eigenvalue weighted by atomic mass is 79.9. The normalized spacial score (nSPS) is 19.2. The van der Waals surface area contributed by atoms with Crippen LogP contribution in [0, 0.1) is 0 Å². The van der Waals surface area contributed by atoms with Crippen LogP contribution in [0.15, 0.2) is 22.7 Å². The van der Waals surface area contributed by atoms with Crippen molar-refractivity contribution < 1.29 is 18.9 Å². The standard InChI is InChI=1S/C14H19BrO4/c1-16-12-8-11(15)9-13(10-12)17-6-7-19-14-4-2-3-5-18-14/h8-10,14H,2-7H2,1H3. The molecule has 0 spiro atoms. The molecule has 1 atom stereocenters. The van der Waals surface area contributed by atoms with Gasteiger partial charge in [0.15, 0.2) is 6.29 Å². The summed E-state index contributed by atoms with van der Waals surface area (Å²) in [4.78, 5) is 0. The maximum Gasteiger partial charge on any atom is 0.157 e. The highest BCUT2D eigenvalue weighted by Crippen LogP contribution is 2.26. The second-order valence-corrected chi connectivity index (χ2v) is 5.26. The molecule has 0 aromatic heterocycles. The lowest BCUT2D eigenvalue weighted by atomic mass is 10.2. The summed E-state index contributed by atoms with van der Waals surface area (Å²) in [6, 6.07) is 5.64. The molecule has 1 saturated heterocycles. The summed E-state index contributed by atoms with van der Waals surface area (Å²) >= 11 is 3.41. The Kier molecular flexibility index (Phi) is 5.94. The van der Waals surface area contributed by atoms with Crippen molar-refractivity contribution in [3.05, 3.63) is 22.7 Å². The molecule has 0 bridgehead atoms. The van der Waals surface area contributed by atoms with Gasteiger partial charge in [0.1, 0.15) is 18.1 Å². The van der Waals surface area contributed by atoms with Crippen LogP contribution < -0.4 is 9.47 Å². The first kappa shape index (κ1) is 14.6. The van der Waals surface area contributed by atoms with Crippen molar-refractivity contribution >= 4 is 15.9 Å². The van der Waals surface area contributed by atoms with E-state index in [2.05, 4.69) is 15.9 Å². The largest absolute Gasteiger partial charge is 0.497 e. The monoisotopic (exact) mass is 330 g/mol. The van der Waals surface area contributed by atoms with Crippen LogP contribution in [-0.4, -0.2) is 33.2 Å². The number of hydrogen-bond acceptors (Lipinski definition) is 4. The lowest BCUT2D eigenvalue weighted by Gasteiger charge is -2.22. The van der Waals surface area contributed by atoms with Gasteiger partial charge in [-0.05, 0) is 31.4 Å². The first-order chi connectivity index (χ1) is 9.28. The molecular formula is C14H19BrO4. The molecule has 1 aromatic rings. The smallest absolute Gasteiger partial charge is 0.157 e. The van der Waals surface area contributed by atoms with Gasteiger partial charge in [0.2, 0.25) is 0 Å². The van der Waals surface area contributed by atoms with E-state index >= 15 is 0 Å². The van der Waals surface area contributed by atoms with E-state index in [1.165, 1.54) is 6.42 Å². The van der Waals surface area contributed by atoms with Crippen LogP contribution in [0.25, 0.3) is 0 Å². The van der Waals surface area contributed by atoms with Crippen LogP contribution in [0.5, 0.6) is 11.5 Å². The first-order valence-electron chi connectivity index (χ1n) is 6.48. The average molecular weight is 331 g/mol. The van der Waals surface area contributed by atoms with Crippen molar-refractivity contribution in [3.63, 3.8) is 0 Å². The Bertz CT molecular complexity index is 391. The molecule has 0 aliphatic carbocycles. The van der Waals surface area contributed by atoms with E-state index in [0.717, 1.165) is 35.4 Å². The summed E-state index contributed by atoms with van der Waals surface area (Å²) < 4.78 is 22.8. The summed E-state index contributed by atoms with van der Waals surface area (Å²) in [6.45, 7) is 1.83. The van der Waals surface area contributed by atoms with Gasteiger partial charge in [0.05, 0.1) is 13.7 Å². The van der Waals surface area contributed by atoms with E-state index in [9.17, 15) is 0 Å². The van der Waals surface area contributed by atoms with E-state index in [1.807, 2.05) is 18.2 Å². The van der Waals surface area contributed by atoms with Gasteiger partial charge in [-0.15, -0.1) is 0 Å². The number of methoxy groups -OCH3 is 1. The molecule has 1 fully saturated rings. The van der Waals surface area contributed by atoms with E-state index in [4.69, 9.17) is 18.9 Å². The summed E-state index contributed by atoms with van der Waals surface area (Å²) in [5.74, 6) is 1.53. The number of ether oxygens (including phenoxy) is 4. The summed E-state index contributed by atoms with van der Waals surface area (Å²) in [5.41, 5.74) is 0. The van der Waals surface area contributed by atoms with Crippen LogP contribution in [0.4, 0.5) is 0 Å². The molecule has 1 unspecified atom stereocenters. The second-order valence-electron chi connectivity index (χ2n) is 4.34. The zero-order valence-corrected chi connectivity index (χ0v) is 12.6. The fraction of sp³-hybridized carbons (Fsp3) is 0.571. The van der Waals surface area contributed by atoms with Crippen LogP contribution in [0.3, 0.4) is 0 Å². The molecule has 0 N–H and O–H groups in total. The quantitative estimate of drug-likeness (QED) is 0.749. The molecule has 2 rings (SSSR count). The Morgan fingerprint density at radius 1 is 1.21 bits per heavy atom. The van der Waals surface area contributed by atoms with Gasteiger partial charge >= 0.3 is 0 Å². The van der Waals surface area contributed by atoms with Gasteiger partial charge in [-0.3, -0.25) is 0 Å². The molecular weight excluding hydrogens is 312 g/mol. The molecule has 0 radical (unpaired) electrons. The summed E-state index contributed by atoms with van der Waals surface area (Å²) in [7, 11) is 1.63. The third-order valence-corrected chi connectivity index (χ3v) is 3.33. The average Bonchev–Trinajstić information content (AvgIpc) is 2.44. The molecule has 0 amide bonds. The third kappa shape index (κ3) is 5.01. The second kappa shape index (κ2) is 7.72. The van der Waals surface area contributed by atoms with Crippen LogP contribution in [-0.2, 0) is 9.47 Å². The molecule has 1 aliphatic rings. The van der Waals surface area contributed by atoms with Crippen molar-refractivity contribution in [2.75, 3.05) is 26.9 Å². The number of rotatable bonds is 6. The van der Waals surface area contributed by atoms with Gasteiger partial charge in [0.25, 0.3) is 0 Å². The highest BCUT2D eigenvalue weighted by Gasteiger charge is 2.13. The molecule has 19 heavy (non-hydrogen) atoms. The predicted octanol–water partition coefficient (Wildman–Crippen LogP) is 3.38. The zero-order valence-electron chi connectivity index (χ0n) is 11.1. The molecule has 1 heterocycles. The van der Waals surface area contributed by atoms with Crippen molar-refractivity contribution in [1.82, 2.24) is 0 Å². The van der Waals surface area contributed by atoms with Crippen LogP contribution in [0.2, 0.25) is 0 Å². The van der Waals surface area contributed by atoms with Gasteiger partial charge in [-0.2, -0.15) is 0 Å². The minimum absolute atomic E-state index is 0.0607. The Hall–Kier alpha value is -0.780. The number of hydrogen-bond donors (Lipinski definition) is 0. The summed E-state index contributed by atoms with van der Waals surface area (Å²) in [6.07, 6.45) is 3.22. The molecule has 1 aromatic carbocycles. The lowest BCUT2D eigenvalue weighted by molar-refractivity contribution is -0.165. The number of benzene rings is 1. The van der Waals surface area contributed by atoms with Crippen molar-refractivity contribution in [2.24, 2.45) is 0 Å². The van der Waals surface area contributed by atoms with Crippen LogP contribution >= 0.6 is 15.9 Å². The number of halogens is 1. The van der Waals surface area contributed by atoms with E-state index in [1.54, 1.807) is 7.11 Å². The predicted molar refractivity (Wildman–Crippen MR) is 75.7 cm³/mol. The molecule has 0 saturated carbocycles. The van der Waals surface area contributed by atoms with E-state index in [0.29, 0.717) is 13.2 Å². The van der Waals surface area contributed by atoms with Gasteiger partial charge in [0, 0.05) is 17.1 Å². The lowest BCUT2D eigenvalue weighted by Crippen LogP contribution is -2.24. The van der Waals surface area contributed by atoms with Gasteiger partial charge in [-0.25, -0.2) is 0 Å². The Balaban J connectivity index is 1.71. The minimum Gasteiger partial charge on any atom is -0.497 e. The molecule has 4 nitrogen and oxygen atoms in total. The zero-order chi connectivity index (χ0) is 13.5. The Labute approximate surface area is 122 Å². The first-order valence-corrected chi connectivity index (χ1v) is 7.28. The maximum absolute atomic E-state index is 5.63. The maximum atomic E-state index is 5.63. The fourth-order valence-corrected chi connectivity index (χ4v) is 2.37. The van der Waals surface area contributed by atoms with Crippen molar-refractivity contribution in [2.45, 2.75) is 25.6 Å². The Morgan fingerprint density at radius 2 is 2.05 bits per heavy atom.